The summed E-state index contributed by atoms with van der Waals surface area (Å²) in [5.74, 6) is -0.0391. The van der Waals surface area contributed by atoms with E-state index in [2.05, 4.69) is 30.4 Å². The second kappa shape index (κ2) is 6.70. The van der Waals surface area contributed by atoms with Crippen molar-refractivity contribution in [2.24, 2.45) is 7.05 Å². The third-order valence-electron chi connectivity index (χ3n) is 6.48. The minimum atomic E-state index is -0.758. The summed E-state index contributed by atoms with van der Waals surface area (Å²) in [5.41, 5.74) is 2.11. The van der Waals surface area contributed by atoms with Crippen molar-refractivity contribution in [3.8, 4) is 0 Å². The van der Waals surface area contributed by atoms with Crippen molar-refractivity contribution in [2.45, 2.75) is 64.0 Å². The molecule has 5 nitrogen and oxygen atoms in total. The van der Waals surface area contributed by atoms with E-state index in [1.54, 1.807) is 4.90 Å². The number of nitrogens with zero attached hydrogens (tertiary/aromatic N) is 2. The summed E-state index contributed by atoms with van der Waals surface area (Å²) < 4.78 is 1.95. The maximum Gasteiger partial charge on any atom is 0.271 e. The lowest BCUT2D eigenvalue weighted by Crippen LogP contribution is -2.57. The van der Waals surface area contributed by atoms with Crippen molar-refractivity contribution in [1.29, 1.82) is 0 Å². The van der Waals surface area contributed by atoms with Crippen molar-refractivity contribution in [3.05, 3.63) is 35.5 Å². The first-order chi connectivity index (χ1) is 12.9. The van der Waals surface area contributed by atoms with Gasteiger partial charge in [0.25, 0.3) is 5.91 Å². The van der Waals surface area contributed by atoms with Gasteiger partial charge in [-0.15, -0.1) is 0 Å². The van der Waals surface area contributed by atoms with Gasteiger partial charge in [0.2, 0.25) is 5.91 Å². The molecule has 5 heteroatoms. The molecule has 4 rings (SSSR count). The van der Waals surface area contributed by atoms with E-state index in [4.69, 9.17) is 0 Å². The molecule has 27 heavy (non-hydrogen) atoms. The molecule has 1 aromatic carbocycles. The van der Waals surface area contributed by atoms with Crippen LogP contribution in [0.3, 0.4) is 0 Å². The Kier molecular flexibility index (Phi) is 4.49. The van der Waals surface area contributed by atoms with Crippen LogP contribution in [0.4, 0.5) is 0 Å². The van der Waals surface area contributed by atoms with Crippen molar-refractivity contribution in [1.82, 2.24) is 14.8 Å². The van der Waals surface area contributed by atoms with E-state index in [0.29, 0.717) is 12.2 Å². The summed E-state index contributed by atoms with van der Waals surface area (Å²) in [4.78, 5) is 28.3. The molecular weight excluding hydrogens is 338 g/mol. The van der Waals surface area contributed by atoms with E-state index in [1.165, 1.54) is 18.4 Å². The molecule has 2 aromatic rings. The summed E-state index contributed by atoms with van der Waals surface area (Å²) in [6, 6.07) is 8.44. The fourth-order valence-electron chi connectivity index (χ4n) is 4.75. The molecule has 0 bridgehead atoms. The number of hydrogen-bond acceptors (Lipinski definition) is 2. The molecule has 2 heterocycles. The second-order valence-electron chi connectivity index (χ2n) is 8.44. The van der Waals surface area contributed by atoms with Gasteiger partial charge in [-0.3, -0.25) is 9.59 Å². The van der Waals surface area contributed by atoms with Crippen LogP contribution in [-0.4, -0.2) is 39.4 Å². The van der Waals surface area contributed by atoms with Crippen LogP contribution in [0.25, 0.3) is 10.9 Å². The Hall–Kier alpha value is -2.30. The Balaban J connectivity index is 1.62. The topological polar surface area (TPSA) is 54.3 Å². The van der Waals surface area contributed by atoms with E-state index >= 15 is 0 Å². The molecule has 0 radical (unpaired) electrons. The van der Waals surface area contributed by atoms with Crippen LogP contribution >= 0.6 is 0 Å². The molecule has 0 unspecified atom stereocenters. The van der Waals surface area contributed by atoms with Crippen molar-refractivity contribution >= 4 is 22.7 Å². The zero-order valence-electron chi connectivity index (χ0n) is 16.5. The van der Waals surface area contributed by atoms with Crippen LogP contribution in [0.2, 0.25) is 0 Å². The number of hydrogen-bond donors (Lipinski definition) is 1. The highest BCUT2D eigenvalue weighted by Crippen LogP contribution is 2.33. The summed E-state index contributed by atoms with van der Waals surface area (Å²) in [7, 11) is 1.93. The molecule has 2 fully saturated rings. The maximum atomic E-state index is 13.4. The van der Waals surface area contributed by atoms with Gasteiger partial charge >= 0.3 is 0 Å². The van der Waals surface area contributed by atoms with Crippen molar-refractivity contribution in [2.75, 3.05) is 6.54 Å². The number of fused-ring (bicyclic) bond motifs is 1. The highest BCUT2D eigenvalue weighted by atomic mass is 16.2. The molecule has 1 atom stereocenters. The summed E-state index contributed by atoms with van der Waals surface area (Å²) in [5, 5.41) is 4.27. The minimum Gasteiger partial charge on any atom is -0.351 e. The summed E-state index contributed by atoms with van der Waals surface area (Å²) in [6.45, 7) is 4.61. The lowest BCUT2D eigenvalue weighted by atomic mass is 9.96. The second-order valence-corrected chi connectivity index (χ2v) is 8.44. The number of carbonyl (C=O) groups is 2. The number of aryl methyl sites for hydroxylation is 2. The van der Waals surface area contributed by atoms with Crippen LogP contribution in [0.5, 0.6) is 0 Å². The standard InChI is InChI=1S/C22H29N3O2/c1-15-9-10-18-16(13-15)14-19(24(18)3)20(26)25-12-6-11-22(25,2)21(27)23-17-7-4-5-8-17/h9-10,13-14,17H,4-8,11-12H2,1-3H3,(H,23,27)/t22-/m1/s1. The van der Waals surface area contributed by atoms with Crippen molar-refractivity contribution in [3.63, 3.8) is 0 Å². The average Bonchev–Trinajstić information content (AvgIpc) is 3.35. The van der Waals surface area contributed by atoms with Gasteiger partial charge in [-0.25, -0.2) is 0 Å². The van der Waals surface area contributed by atoms with Gasteiger partial charge in [0.05, 0.1) is 0 Å². The number of amides is 2. The fraction of sp³-hybridized carbons (Fsp3) is 0.545. The van der Waals surface area contributed by atoms with E-state index in [-0.39, 0.29) is 17.9 Å². The van der Waals surface area contributed by atoms with Crippen molar-refractivity contribution < 1.29 is 9.59 Å². The van der Waals surface area contributed by atoms with Gasteiger partial charge in [0.1, 0.15) is 11.2 Å². The quantitative estimate of drug-likeness (QED) is 0.902. The van der Waals surface area contributed by atoms with Crippen LogP contribution in [-0.2, 0) is 11.8 Å². The zero-order valence-corrected chi connectivity index (χ0v) is 16.5. The smallest absolute Gasteiger partial charge is 0.271 e. The monoisotopic (exact) mass is 367 g/mol. The highest BCUT2D eigenvalue weighted by Gasteiger charge is 2.47. The van der Waals surface area contributed by atoms with E-state index in [1.807, 2.05) is 24.6 Å². The zero-order chi connectivity index (χ0) is 19.2. The molecule has 2 amide bonds. The summed E-state index contributed by atoms with van der Waals surface area (Å²) >= 11 is 0. The predicted octanol–water partition coefficient (Wildman–Crippen LogP) is 3.54. The lowest BCUT2D eigenvalue weighted by molar-refractivity contribution is -0.130. The Morgan fingerprint density at radius 3 is 2.63 bits per heavy atom. The molecule has 1 saturated heterocycles. The molecule has 1 aliphatic carbocycles. The van der Waals surface area contributed by atoms with Gasteiger partial charge < -0.3 is 14.8 Å². The summed E-state index contributed by atoms with van der Waals surface area (Å²) in [6.07, 6.45) is 6.06. The van der Waals surface area contributed by atoms with Crippen LogP contribution in [0.1, 0.15) is 61.5 Å². The highest BCUT2D eigenvalue weighted by molar-refractivity contribution is 6.02. The van der Waals surface area contributed by atoms with Crippen LogP contribution < -0.4 is 5.32 Å². The Bertz CT molecular complexity index is 894. The number of nitrogens with one attached hydrogen (secondary N) is 1. The van der Waals surface area contributed by atoms with Gasteiger partial charge in [0, 0.05) is 30.5 Å². The van der Waals surface area contributed by atoms with E-state index in [0.717, 1.165) is 36.6 Å². The SMILES string of the molecule is Cc1ccc2c(c1)cc(C(=O)N1CCC[C@]1(C)C(=O)NC1CCCC1)n2C. The Morgan fingerprint density at radius 1 is 1.15 bits per heavy atom. The fourth-order valence-corrected chi connectivity index (χ4v) is 4.75. The molecule has 144 valence electrons. The Labute approximate surface area is 160 Å². The first kappa shape index (κ1) is 18.1. The van der Waals surface area contributed by atoms with Gasteiger partial charge in [0.15, 0.2) is 0 Å². The molecule has 1 N–H and O–H groups in total. The predicted molar refractivity (Wildman–Crippen MR) is 107 cm³/mol. The average molecular weight is 367 g/mol. The first-order valence-corrected chi connectivity index (χ1v) is 10.1. The number of aromatic nitrogens is 1. The van der Waals surface area contributed by atoms with E-state index in [9.17, 15) is 9.59 Å². The molecule has 1 aliphatic heterocycles. The molecule has 0 spiro atoms. The largest absolute Gasteiger partial charge is 0.351 e. The third-order valence-corrected chi connectivity index (χ3v) is 6.48. The van der Waals surface area contributed by atoms with Crippen LogP contribution in [0.15, 0.2) is 24.3 Å². The molecule has 1 aromatic heterocycles. The number of likely N-dealkylation sites (tertiary alicyclic amines) is 1. The normalized spacial score (nSPS) is 23.3. The number of benzene rings is 1. The molecule has 1 saturated carbocycles. The molecular formula is C22H29N3O2. The maximum absolute atomic E-state index is 13.4. The number of carbonyl (C=O) groups excluding carboxylic acids is 2. The van der Waals surface area contributed by atoms with Crippen LogP contribution in [0, 0.1) is 6.92 Å². The minimum absolute atomic E-state index is 0.00913. The number of rotatable bonds is 3. The first-order valence-electron chi connectivity index (χ1n) is 10.1. The van der Waals surface area contributed by atoms with Gasteiger partial charge in [-0.1, -0.05) is 24.5 Å². The third kappa shape index (κ3) is 3.03. The lowest BCUT2D eigenvalue weighted by Gasteiger charge is -2.35. The Morgan fingerprint density at radius 2 is 1.89 bits per heavy atom. The molecule has 2 aliphatic rings. The van der Waals surface area contributed by atoms with Gasteiger partial charge in [-0.05, 0) is 57.7 Å². The van der Waals surface area contributed by atoms with Gasteiger partial charge in [-0.2, -0.15) is 0 Å². The van der Waals surface area contributed by atoms with E-state index < -0.39 is 5.54 Å².